The van der Waals surface area contributed by atoms with Crippen LogP contribution in [0.2, 0.25) is 0 Å². The Morgan fingerprint density at radius 3 is 2.55 bits per heavy atom. The number of nitrogens with one attached hydrogen (secondary N) is 2. The first kappa shape index (κ1) is 13.8. The third kappa shape index (κ3) is 4.24. The minimum Gasteiger partial charge on any atom is -0.376 e. The first-order valence-electron chi connectivity index (χ1n) is 6.42. The van der Waals surface area contributed by atoms with Crippen molar-refractivity contribution in [2.24, 2.45) is 5.10 Å². The maximum absolute atomic E-state index is 11.6. The number of carbonyl (C=O) groups excluding carboxylic acids is 1. The summed E-state index contributed by atoms with van der Waals surface area (Å²) >= 11 is 0. The van der Waals surface area contributed by atoms with E-state index < -0.39 is 0 Å². The Kier molecular flexibility index (Phi) is 4.89. The van der Waals surface area contributed by atoms with Gasteiger partial charge < -0.3 is 5.32 Å². The third-order valence-electron chi connectivity index (χ3n) is 2.79. The molecule has 0 aliphatic carbocycles. The molecule has 0 aliphatic rings. The summed E-state index contributed by atoms with van der Waals surface area (Å²) in [5.41, 5.74) is 5.49. The number of aryl methyl sites for hydroxylation is 1. The van der Waals surface area contributed by atoms with Crippen LogP contribution in [-0.2, 0) is 4.79 Å². The molecule has 4 heteroatoms. The molecule has 0 aromatic heterocycles. The van der Waals surface area contributed by atoms with Gasteiger partial charge in [-0.2, -0.15) is 5.10 Å². The van der Waals surface area contributed by atoms with Gasteiger partial charge in [-0.1, -0.05) is 48.5 Å². The van der Waals surface area contributed by atoms with Gasteiger partial charge in [0.25, 0.3) is 5.91 Å². The highest BCUT2D eigenvalue weighted by molar-refractivity contribution is 5.84. The topological polar surface area (TPSA) is 53.5 Å². The van der Waals surface area contributed by atoms with Crippen molar-refractivity contribution in [1.29, 1.82) is 0 Å². The Morgan fingerprint density at radius 2 is 1.80 bits per heavy atom. The molecule has 2 aromatic carbocycles. The predicted octanol–water partition coefficient (Wildman–Crippen LogP) is 2.56. The van der Waals surface area contributed by atoms with Crippen molar-refractivity contribution in [2.75, 3.05) is 11.9 Å². The van der Waals surface area contributed by atoms with Crippen molar-refractivity contribution in [2.45, 2.75) is 6.92 Å². The number of para-hydroxylation sites is 1. The average molecular weight is 267 g/mol. The highest BCUT2D eigenvalue weighted by Crippen LogP contribution is 2.12. The largest absolute Gasteiger partial charge is 0.376 e. The van der Waals surface area contributed by atoms with Crippen LogP contribution in [0, 0.1) is 6.92 Å². The van der Waals surface area contributed by atoms with E-state index in [0.29, 0.717) is 0 Å². The number of rotatable bonds is 5. The highest BCUT2D eigenvalue weighted by Gasteiger charge is 2.00. The van der Waals surface area contributed by atoms with Gasteiger partial charge in [0.15, 0.2) is 0 Å². The molecule has 0 heterocycles. The molecule has 0 saturated heterocycles. The molecule has 2 aromatic rings. The SMILES string of the molecule is Cc1ccccc1NCC(=O)NN=Cc1ccccc1. The molecule has 0 atom stereocenters. The minimum atomic E-state index is -0.180. The Balaban J connectivity index is 1.79. The van der Waals surface area contributed by atoms with Gasteiger partial charge in [-0.15, -0.1) is 0 Å². The zero-order chi connectivity index (χ0) is 14.2. The summed E-state index contributed by atoms with van der Waals surface area (Å²) in [4.78, 5) is 11.6. The van der Waals surface area contributed by atoms with E-state index in [0.717, 1.165) is 16.8 Å². The fraction of sp³-hybridized carbons (Fsp3) is 0.125. The maximum atomic E-state index is 11.6. The second-order valence-corrected chi connectivity index (χ2v) is 4.37. The van der Waals surface area contributed by atoms with E-state index in [9.17, 15) is 4.79 Å². The van der Waals surface area contributed by atoms with Crippen molar-refractivity contribution in [1.82, 2.24) is 5.43 Å². The molecule has 0 aliphatic heterocycles. The molecular weight excluding hydrogens is 250 g/mol. The molecule has 2 rings (SSSR count). The normalized spacial score (nSPS) is 10.4. The Morgan fingerprint density at radius 1 is 1.10 bits per heavy atom. The van der Waals surface area contributed by atoms with Crippen LogP contribution < -0.4 is 10.7 Å². The summed E-state index contributed by atoms with van der Waals surface area (Å²) in [6.07, 6.45) is 1.62. The van der Waals surface area contributed by atoms with Crippen molar-refractivity contribution in [3.05, 3.63) is 65.7 Å². The van der Waals surface area contributed by atoms with Crippen LogP contribution in [0.15, 0.2) is 59.7 Å². The number of hydrogen-bond donors (Lipinski definition) is 2. The highest BCUT2D eigenvalue weighted by atomic mass is 16.2. The van der Waals surface area contributed by atoms with Crippen LogP contribution in [0.4, 0.5) is 5.69 Å². The fourth-order valence-corrected chi connectivity index (χ4v) is 1.70. The van der Waals surface area contributed by atoms with Gasteiger partial charge in [0.1, 0.15) is 0 Å². The van der Waals surface area contributed by atoms with E-state index in [1.807, 2.05) is 61.5 Å². The fourth-order valence-electron chi connectivity index (χ4n) is 1.70. The van der Waals surface area contributed by atoms with Crippen LogP contribution in [0.25, 0.3) is 0 Å². The summed E-state index contributed by atoms with van der Waals surface area (Å²) in [7, 11) is 0. The number of benzene rings is 2. The lowest BCUT2D eigenvalue weighted by Crippen LogP contribution is -2.26. The van der Waals surface area contributed by atoms with Gasteiger partial charge in [-0.05, 0) is 24.1 Å². The second-order valence-electron chi connectivity index (χ2n) is 4.37. The molecule has 0 bridgehead atoms. The first-order valence-corrected chi connectivity index (χ1v) is 6.42. The van der Waals surface area contributed by atoms with Crippen molar-refractivity contribution < 1.29 is 4.79 Å². The Hall–Kier alpha value is -2.62. The third-order valence-corrected chi connectivity index (χ3v) is 2.79. The van der Waals surface area contributed by atoms with Gasteiger partial charge >= 0.3 is 0 Å². The quantitative estimate of drug-likeness (QED) is 0.646. The molecule has 0 radical (unpaired) electrons. The molecule has 0 fully saturated rings. The maximum Gasteiger partial charge on any atom is 0.259 e. The van der Waals surface area contributed by atoms with Crippen molar-refractivity contribution >= 4 is 17.8 Å². The second kappa shape index (κ2) is 7.09. The molecule has 1 amide bonds. The minimum absolute atomic E-state index is 0.180. The lowest BCUT2D eigenvalue weighted by atomic mass is 10.2. The number of hydrogen-bond acceptors (Lipinski definition) is 3. The molecule has 20 heavy (non-hydrogen) atoms. The standard InChI is InChI=1S/C16H17N3O/c1-13-7-5-6-10-15(13)17-12-16(20)19-18-11-14-8-3-2-4-9-14/h2-11,17H,12H2,1H3,(H,19,20). The van der Waals surface area contributed by atoms with E-state index in [1.54, 1.807) is 6.21 Å². The molecule has 2 N–H and O–H groups in total. The molecule has 0 spiro atoms. The van der Waals surface area contributed by atoms with Gasteiger partial charge in [0.05, 0.1) is 12.8 Å². The lowest BCUT2D eigenvalue weighted by molar-refractivity contribution is -0.119. The summed E-state index contributed by atoms with van der Waals surface area (Å²) < 4.78 is 0. The number of hydrazone groups is 1. The van der Waals surface area contributed by atoms with Crippen LogP contribution in [-0.4, -0.2) is 18.7 Å². The van der Waals surface area contributed by atoms with Gasteiger partial charge in [-0.3, -0.25) is 4.79 Å². The molecular formula is C16H17N3O. The van der Waals surface area contributed by atoms with E-state index in [4.69, 9.17) is 0 Å². The number of amides is 1. The van der Waals surface area contributed by atoms with Gasteiger partial charge in [-0.25, -0.2) is 5.43 Å². The zero-order valence-electron chi connectivity index (χ0n) is 11.3. The average Bonchev–Trinajstić information content (AvgIpc) is 2.47. The van der Waals surface area contributed by atoms with E-state index in [-0.39, 0.29) is 12.5 Å². The van der Waals surface area contributed by atoms with Crippen molar-refractivity contribution in [3.8, 4) is 0 Å². The number of carbonyl (C=O) groups is 1. The van der Waals surface area contributed by atoms with Crippen LogP contribution >= 0.6 is 0 Å². The van der Waals surface area contributed by atoms with E-state index in [1.165, 1.54) is 0 Å². The van der Waals surface area contributed by atoms with E-state index >= 15 is 0 Å². The van der Waals surface area contributed by atoms with Crippen molar-refractivity contribution in [3.63, 3.8) is 0 Å². The summed E-state index contributed by atoms with van der Waals surface area (Å²) in [6, 6.07) is 17.4. The van der Waals surface area contributed by atoms with Gasteiger partial charge in [0.2, 0.25) is 0 Å². The first-order chi connectivity index (χ1) is 9.75. The molecule has 4 nitrogen and oxygen atoms in total. The summed E-state index contributed by atoms with van der Waals surface area (Å²) in [5.74, 6) is -0.180. The number of nitrogens with zero attached hydrogens (tertiary/aromatic N) is 1. The van der Waals surface area contributed by atoms with Crippen LogP contribution in [0.1, 0.15) is 11.1 Å². The van der Waals surface area contributed by atoms with Gasteiger partial charge in [0, 0.05) is 5.69 Å². The van der Waals surface area contributed by atoms with Crippen LogP contribution in [0.5, 0.6) is 0 Å². The molecule has 0 saturated carbocycles. The zero-order valence-corrected chi connectivity index (χ0v) is 11.3. The summed E-state index contributed by atoms with van der Waals surface area (Å²) in [5, 5.41) is 6.99. The van der Waals surface area contributed by atoms with Crippen LogP contribution in [0.3, 0.4) is 0 Å². The Bertz CT molecular complexity index is 594. The number of anilines is 1. The summed E-state index contributed by atoms with van der Waals surface area (Å²) in [6.45, 7) is 2.19. The predicted molar refractivity (Wildman–Crippen MR) is 81.8 cm³/mol. The lowest BCUT2D eigenvalue weighted by Gasteiger charge is -2.07. The Labute approximate surface area is 118 Å². The van der Waals surface area contributed by atoms with E-state index in [2.05, 4.69) is 15.8 Å². The monoisotopic (exact) mass is 267 g/mol. The molecule has 102 valence electrons. The molecule has 0 unspecified atom stereocenters. The smallest absolute Gasteiger partial charge is 0.259 e.